The van der Waals surface area contributed by atoms with Crippen molar-refractivity contribution < 1.29 is 4.42 Å². The van der Waals surface area contributed by atoms with Crippen molar-refractivity contribution in [2.45, 2.75) is 6.42 Å². The molecule has 1 saturated heterocycles. The summed E-state index contributed by atoms with van der Waals surface area (Å²) in [6.45, 7) is 4.84. The molecule has 0 radical (unpaired) electrons. The number of nitrogens with one attached hydrogen (secondary N) is 1. The molecule has 1 aliphatic rings. The van der Waals surface area contributed by atoms with Gasteiger partial charge in [0.1, 0.15) is 0 Å². The molecule has 3 heterocycles. The van der Waals surface area contributed by atoms with Crippen LogP contribution in [0.4, 0.5) is 5.82 Å². The fraction of sp³-hybridized carbons (Fsp3) is 0.286. The standard InChI is InChI=1S/C21H21N5O2/c27-21-23-18-6-5-15(13-19(18)28-21)7-8-25-9-11-26(12-10-25)20-17-4-2-1-3-16(17)14-22-24-20/h1-6,13-14H,7-12H2,(H,23,27). The second-order valence-corrected chi connectivity index (χ2v) is 7.18. The molecule has 0 saturated carbocycles. The molecule has 0 spiro atoms. The first-order valence-electron chi connectivity index (χ1n) is 9.56. The van der Waals surface area contributed by atoms with E-state index in [2.05, 4.69) is 43.2 Å². The number of H-pyrrole nitrogens is 1. The van der Waals surface area contributed by atoms with E-state index in [1.165, 1.54) is 5.56 Å². The quantitative estimate of drug-likeness (QED) is 0.590. The monoisotopic (exact) mass is 375 g/mol. The molecule has 2 aromatic carbocycles. The Labute approximate surface area is 161 Å². The van der Waals surface area contributed by atoms with Gasteiger partial charge < -0.3 is 9.32 Å². The van der Waals surface area contributed by atoms with Gasteiger partial charge >= 0.3 is 5.76 Å². The van der Waals surface area contributed by atoms with Crippen LogP contribution in [0.2, 0.25) is 0 Å². The van der Waals surface area contributed by atoms with Crippen molar-refractivity contribution in [2.24, 2.45) is 0 Å². The van der Waals surface area contributed by atoms with Crippen LogP contribution < -0.4 is 10.7 Å². The zero-order valence-corrected chi connectivity index (χ0v) is 15.5. The Balaban J connectivity index is 1.22. The van der Waals surface area contributed by atoms with Crippen molar-refractivity contribution in [2.75, 3.05) is 37.6 Å². The van der Waals surface area contributed by atoms with Crippen LogP contribution in [0, 0.1) is 0 Å². The second-order valence-electron chi connectivity index (χ2n) is 7.18. The van der Waals surface area contributed by atoms with E-state index in [9.17, 15) is 4.79 Å². The summed E-state index contributed by atoms with van der Waals surface area (Å²) in [5.41, 5.74) is 2.55. The zero-order chi connectivity index (χ0) is 18.9. The SMILES string of the molecule is O=c1[nH]c2ccc(CCN3CCN(c4nncc5ccccc45)CC3)cc2o1. The van der Waals surface area contributed by atoms with Gasteiger partial charge in [-0.1, -0.05) is 30.3 Å². The number of anilines is 1. The molecule has 0 bridgehead atoms. The maximum Gasteiger partial charge on any atom is 0.417 e. The van der Waals surface area contributed by atoms with Crippen molar-refractivity contribution in [3.8, 4) is 0 Å². The van der Waals surface area contributed by atoms with Gasteiger partial charge in [-0.05, 0) is 24.1 Å². The van der Waals surface area contributed by atoms with Crippen LogP contribution in [-0.2, 0) is 6.42 Å². The summed E-state index contributed by atoms with van der Waals surface area (Å²) >= 11 is 0. The van der Waals surface area contributed by atoms with E-state index in [4.69, 9.17) is 4.42 Å². The van der Waals surface area contributed by atoms with Crippen LogP contribution in [0.15, 0.2) is 57.9 Å². The highest BCUT2D eigenvalue weighted by molar-refractivity contribution is 5.91. The van der Waals surface area contributed by atoms with Crippen LogP contribution in [0.25, 0.3) is 21.9 Å². The van der Waals surface area contributed by atoms with Crippen molar-refractivity contribution in [1.82, 2.24) is 20.1 Å². The van der Waals surface area contributed by atoms with E-state index >= 15 is 0 Å². The van der Waals surface area contributed by atoms with Gasteiger partial charge in [0, 0.05) is 43.5 Å². The predicted molar refractivity (Wildman–Crippen MR) is 109 cm³/mol. The molecule has 0 aliphatic carbocycles. The van der Waals surface area contributed by atoms with E-state index in [0.717, 1.165) is 61.3 Å². The summed E-state index contributed by atoms with van der Waals surface area (Å²) in [6, 6.07) is 14.2. The topological polar surface area (TPSA) is 78.3 Å². The lowest BCUT2D eigenvalue weighted by Crippen LogP contribution is -2.47. The number of oxazole rings is 1. The number of nitrogens with zero attached hydrogens (tertiary/aromatic N) is 4. The maximum atomic E-state index is 11.3. The minimum Gasteiger partial charge on any atom is -0.408 e. The molecule has 1 aliphatic heterocycles. The molecule has 7 nitrogen and oxygen atoms in total. The van der Waals surface area contributed by atoms with Gasteiger partial charge in [0.05, 0.1) is 11.7 Å². The lowest BCUT2D eigenvalue weighted by molar-refractivity contribution is 0.260. The number of hydrogen-bond acceptors (Lipinski definition) is 6. The normalized spacial score (nSPS) is 15.5. The summed E-state index contributed by atoms with van der Waals surface area (Å²) in [5, 5.41) is 10.9. The minimum absolute atomic E-state index is 0.403. The van der Waals surface area contributed by atoms with Crippen molar-refractivity contribution in [3.63, 3.8) is 0 Å². The largest absolute Gasteiger partial charge is 0.417 e. The lowest BCUT2D eigenvalue weighted by Gasteiger charge is -2.35. The van der Waals surface area contributed by atoms with Gasteiger partial charge in [-0.25, -0.2) is 4.79 Å². The molecule has 5 rings (SSSR count). The first-order valence-corrected chi connectivity index (χ1v) is 9.56. The Kier molecular flexibility index (Phi) is 4.29. The van der Waals surface area contributed by atoms with Crippen LogP contribution in [-0.4, -0.2) is 52.8 Å². The van der Waals surface area contributed by atoms with Gasteiger partial charge in [0.2, 0.25) is 0 Å². The van der Waals surface area contributed by atoms with Gasteiger partial charge in [0.15, 0.2) is 11.4 Å². The van der Waals surface area contributed by atoms with Gasteiger partial charge in [0.25, 0.3) is 0 Å². The van der Waals surface area contributed by atoms with E-state index in [0.29, 0.717) is 5.58 Å². The molecule has 142 valence electrons. The first-order chi connectivity index (χ1) is 13.8. The number of piperazine rings is 1. The second kappa shape index (κ2) is 7.09. The highest BCUT2D eigenvalue weighted by atomic mass is 16.4. The highest BCUT2D eigenvalue weighted by Gasteiger charge is 2.19. The van der Waals surface area contributed by atoms with E-state index < -0.39 is 5.76 Å². The molecule has 1 N–H and O–H groups in total. The Hall–Kier alpha value is -3.19. The van der Waals surface area contributed by atoms with Gasteiger partial charge in [-0.15, -0.1) is 5.10 Å². The molecule has 0 atom stereocenters. The third kappa shape index (κ3) is 3.25. The number of aromatic nitrogens is 3. The van der Waals surface area contributed by atoms with Gasteiger partial charge in [-0.3, -0.25) is 9.88 Å². The third-order valence-corrected chi connectivity index (χ3v) is 5.42. The molecular weight excluding hydrogens is 354 g/mol. The molecule has 4 aromatic rings. The Bertz CT molecular complexity index is 1170. The number of hydrogen-bond donors (Lipinski definition) is 1. The van der Waals surface area contributed by atoms with Crippen molar-refractivity contribution >= 4 is 27.7 Å². The van der Waals surface area contributed by atoms with E-state index in [1.807, 2.05) is 30.5 Å². The zero-order valence-electron chi connectivity index (χ0n) is 15.5. The number of rotatable bonds is 4. The summed E-state index contributed by atoms with van der Waals surface area (Å²) in [6.07, 6.45) is 2.75. The number of aromatic amines is 1. The number of benzene rings is 2. The van der Waals surface area contributed by atoms with Crippen LogP contribution in [0.1, 0.15) is 5.56 Å². The van der Waals surface area contributed by atoms with E-state index in [-0.39, 0.29) is 0 Å². The van der Waals surface area contributed by atoms with Crippen LogP contribution in [0.3, 0.4) is 0 Å². The first kappa shape index (κ1) is 16.9. The van der Waals surface area contributed by atoms with Crippen LogP contribution in [0.5, 0.6) is 0 Å². The summed E-state index contributed by atoms with van der Waals surface area (Å²) < 4.78 is 5.15. The Morgan fingerprint density at radius 3 is 2.82 bits per heavy atom. The van der Waals surface area contributed by atoms with E-state index in [1.54, 1.807) is 0 Å². The average Bonchev–Trinajstić information content (AvgIpc) is 3.11. The van der Waals surface area contributed by atoms with Crippen LogP contribution >= 0.6 is 0 Å². The smallest absolute Gasteiger partial charge is 0.408 e. The summed E-state index contributed by atoms with van der Waals surface area (Å²) in [7, 11) is 0. The molecule has 0 unspecified atom stereocenters. The fourth-order valence-corrected chi connectivity index (χ4v) is 3.86. The summed E-state index contributed by atoms with van der Waals surface area (Å²) in [5.74, 6) is 0.575. The summed E-state index contributed by atoms with van der Waals surface area (Å²) in [4.78, 5) is 18.8. The molecule has 1 fully saturated rings. The fourth-order valence-electron chi connectivity index (χ4n) is 3.86. The molecule has 7 heteroatoms. The minimum atomic E-state index is -0.403. The predicted octanol–water partition coefficient (Wildman–Crippen LogP) is 2.43. The Morgan fingerprint density at radius 2 is 1.93 bits per heavy atom. The molecule has 2 aromatic heterocycles. The number of fused-ring (bicyclic) bond motifs is 2. The Morgan fingerprint density at radius 1 is 1.07 bits per heavy atom. The molecule has 28 heavy (non-hydrogen) atoms. The van der Waals surface area contributed by atoms with Crippen molar-refractivity contribution in [1.29, 1.82) is 0 Å². The lowest BCUT2D eigenvalue weighted by atomic mass is 10.1. The third-order valence-electron chi connectivity index (χ3n) is 5.42. The van der Waals surface area contributed by atoms with Crippen molar-refractivity contribution in [3.05, 3.63) is 64.8 Å². The van der Waals surface area contributed by atoms with Gasteiger partial charge in [-0.2, -0.15) is 5.10 Å². The average molecular weight is 375 g/mol. The molecular formula is C21H21N5O2. The highest BCUT2D eigenvalue weighted by Crippen LogP contribution is 2.24. The molecule has 0 amide bonds. The maximum absolute atomic E-state index is 11.3.